The molecule has 0 fully saturated rings. The maximum Gasteiger partial charge on any atom is 0.264 e. The Morgan fingerprint density at radius 3 is 2.36 bits per heavy atom. The first-order valence-electron chi connectivity index (χ1n) is 7.14. The number of para-hydroxylation sites is 1. The van der Waals surface area contributed by atoms with Crippen molar-refractivity contribution < 1.29 is 13.2 Å². The highest BCUT2D eigenvalue weighted by Crippen LogP contribution is 2.39. The summed E-state index contributed by atoms with van der Waals surface area (Å²) in [5.41, 5.74) is 2.30. The Morgan fingerprint density at radius 2 is 1.73 bits per heavy atom. The molecule has 0 aliphatic carbocycles. The predicted molar refractivity (Wildman–Crippen MR) is 85.8 cm³/mol. The topological polar surface area (TPSA) is 54.5 Å². The summed E-state index contributed by atoms with van der Waals surface area (Å²) in [4.78, 5) is 11.5. The van der Waals surface area contributed by atoms with Crippen molar-refractivity contribution in [1.29, 1.82) is 0 Å². The minimum Gasteiger partial charge on any atom is -0.295 e. The second-order valence-electron chi connectivity index (χ2n) is 5.58. The molecule has 1 atom stereocenters. The van der Waals surface area contributed by atoms with Crippen LogP contribution < -0.4 is 4.31 Å². The van der Waals surface area contributed by atoms with E-state index in [4.69, 9.17) is 0 Å². The lowest BCUT2D eigenvalue weighted by molar-refractivity contribution is 0.101. The third kappa shape index (κ3) is 2.31. The highest BCUT2D eigenvalue weighted by atomic mass is 32.2. The fourth-order valence-electron chi connectivity index (χ4n) is 2.79. The molecule has 0 bridgehead atoms. The molecule has 0 N–H and O–H groups in total. The summed E-state index contributed by atoms with van der Waals surface area (Å²) in [5.74, 6) is 0.0894. The van der Waals surface area contributed by atoms with Gasteiger partial charge in [-0.25, -0.2) is 8.42 Å². The molecule has 2 aromatic carbocycles. The Kier molecular flexibility index (Phi) is 3.53. The molecule has 1 heterocycles. The van der Waals surface area contributed by atoms with Crippen LogP contribution in [0.25, 0.3) is 0 Å². The molecule has 0 radical (unpaired) electrons. The number of sulfonamides is 1. The highest BCUT2D eigenvalue weighted by molar-refractivity contribution is 7.92. The van der Waals surface area contributed by atoms with E-state index in [-0.39, 0.29) is 16.6 Å². The maximum atomic E-state index is 12.9. The van der Waals surface area contributed by atoms with Gasteiger partial charge in [0, 0.05) is 18.0 Å². The molecule has 4 nitrogen and oxygen atoms in total. The normalized spacial score (nSPS) is 17.4. The molecular weight excluding hydrogens is 298 g/mol. The number of ketones is 1. The molecule has 5 heteroatoms. The van der Waals surface area contributed by atoms with Gasteiger partial charge in [-0.05, 0) is 30.7 Å². The average molecular weight is 315 g/mol. The third-order valence-electron chi connectivity index (χ3n) is 4.02. The van der Waals surface area contributed by atoms with Crippen molar-refractivity contribution in [1.82, 2.24) is 0 Å². The van der Waals surface area contributed by atoms with Crippen LogP contribution in [0.1, 0.15) is 35.7 Å². The van der Waals surface area contributed by atoms with Gasteiger partial charge in [-0.15, -0.1) is 0 Å². The average Bonchev–Trinajstić information content (AvgIpc) is 2.86. The summed E-state index contributed by atoms with van der Waals surface area (Å²) in [6, 6.07) is 13.7. The second-order valence-corrected chi connectivity index (χ2v) is 7.44. The van der Waals surface area contributed by atoms with Crippen molar-refractivity contribution in [3.63, 3.8) is 0 Å². The first-order valence-corrected chi connectivity index (χ1v) is 8.58. The van der Waals surface area contributed by atoms with Crippen molar-refractivity contribution in [2.45, 2.75) is 24.7 Å². The van der Waals surface area contributed by atoms with Crippen LogP contribution in [0.3, 0.4) is 0 Å². The van der Waals surface area contributed by atoms with E-state index in [9.17, 15) is 13.2 Å². The summed E-state index contributed by atoms with van der Waals surface area (Å²) in [6.07, 6.45) is 0. The second kappa shape index (κ2) is 5.25. The first-order chi connectivity index (χ1) is 10.4. The van der Waals surface area contributed by atoms with Gasteiger partial charge in [0.25, 0.3) is 10.0 Å². The molecule has 1 aliphatic rings. The van der Waals surface area contributed by atoms with Gasteiger partial charge in [-0.2, -0.15) is 0 Å². The molecule has 0 aromatic heterocycles. The minimum atomic E-state index is -3.61. The smallest absolute Gasteiger partial charge is 0.264 e. The number of nitrogens with zero attached hydrogens (tertiary/aromatic N) is 1. The van der Waals surface area contributed by atoms with E-state index >= 15 is 0 Å². The zero-order chi connectivity index (χ0) is 15.9. The molecule has 3 rings (SSSR count). The molecule has 0 saturated heterocycles. The van der Waals surface area contributed by atoms with E-state index in [1.165, 1.54) is 23.4 Å². The number of anilines is 1. The highest BCUT2D eigenvalue weighted by Gasteiger charge is 2.34. The van der Waals surface area contributed by atoms with Crippen molar-refractivity contribution >= 4 is 21.5 Å². The molecule has 0 spiro atoms. The SMILES string of the molecule is CC(=O)c1ccc(S(=O)(=O)N2C[C@H](C)c3ccccc32)cc1. The van der Waals surface area contributed by atoms with Crippen LogP contribution in [0.4, 0.5) is 5.69 Å². The summed E-state index contributed by atoms with van der Waals surface area (Å²) < 4.78 is 27.2. The number of hydrogen-bond donors (Lipinski definition) is 0. The molecule has 1 aliphatic heterocycles. The predicted octanol–water partition coefficient (Wildman–Crippen LogP) is 3.20. The molecule has 114 valence electrons. The lowest BCUT2D eigenvalue weighted by atomic mass is 10.0. The van der Waals surface area contributed by atoms with Crippen LogP contribution in [0.5, 0.6) is 0 Å². The molecule has 0 amide bonds. The van der Waals surface area contributed by atoms with E-state index < -0.39 is 10.0 Å². The van der Waals surface area contributed by atoms with Crippen LogP contribution in [0.2, 0.25) is 0 Å². The molecular formula is C17H17NO3S. The van der Waals surface area contributed by atoms with Gasteiger partial charge in [0.2, 0.25) is 0 Å². The summed E-state index contributed by atoms with van der Waals surface area (Å²) in [6.45, 7) is 3.92. The van der Waals surface area contributed by atoms with Gasteiger partial charge in [-0.1, -0.05) is 37.3 Å². The van der Waals surface area contributed by atoms with Gasteiger partial charge in [0.15, 0.2) is 5.78 Å². The van der Waals surface area contributed by atoms with Gasteiger partial charge >= 0.3 is 0 Å². The van der Waals surface area contributed by atoms with Crippen LogP contribution in [0.15, 0.2) is 53.4 Å². The number of carbonyl (C=O) groups is 1. The third-order valence-corrected chi connectivity index (χ3v) is 5.82. The summed E-state index contributed by atoms with van der Waals surface area (Å²) in [5, 5.41) is 0. The van der Waals surface area contributed by atoms with Gasteiger partial charge in [-0.3, -0.25) is 9.10 Å². The summed E-state index contributed by atoms with van der Waals surface area (Å²) >= 11 is 0. The molecule has 0 unspecified atom stereocenters. The van der Waals surface area contributed by atoms with E-state index in [1.54, 1.807) is 12.1 Å². The monoisotopic (exact) mass is 315 g/mol. The number of benzene rings is 2. The number of carbonyl (C=O) groups excluding carboxylic acids is 1. The molecule has 0 saturated carbocycles. The summed E-state index contributed by atoms with van der Waals surface area (Å²) in [7, 11) is -3.61. The lowest BCUT2D eigenvalue weighted by Gasteiger charge is -2.20. The number of hydrogen-bond acceptors (Lipinski definition) is 3. The number of Topliss-reactive ketones (excluding diaryl/α,β-unsaturated/α-hetero) is 1. The number of fused-ring (bicyclic) bond motifs is 1. The Labute approximate surface area is 130 Å². The maximum absolute atomic E-state index is 12.9. The number of rotatable bonds is 3. The van der Waals surface area contributed by atoms with E-state index in [2.05, 4.69) is 0 Å². The molecule has 22 heavy (non-hydrogen) atoms. The quantitative estimate of drug-likeness (QED) is 0.817. The Hall–Kier alpha value is -2.14. The van der Waals surface area contributed by atoms with Crippen LogP contribution in [-0.2, 0) is 10.0 Å². The lowest BCUT2D eigenvalue weighted by Crippen LogP contribution is -2.29. The Bertz CT molecular complexity index is 825. The zero-order valence-corrected chi connectivity index (χ0v) is 13.3. The largest absolute Gasteiger partial charge is 0.295 e. The van der Waals surface area contributed by atoms with Crippen LogP contribution in [-0.4, -0.2) is 20.7 Å². The van der Waals surface area contributed by atoms with Gasteiger partial charge in [0.05, 0.1) is 10.6 Å². The minimum absolute atomic E-state index is 0.0795. The van der Waals surface area contributed by atoms with E-state index in [0.29, 0.717) is 12.1 Å². The fourth-order valence-corrected chi connectivity index (χ4v) is 4.37. The Morgan fingerprint density at radius 1 is 1.09 bits per heavy atom. The zero-order valence-electron chi connectivity index (χ0n) is 12.5. The van der Waals surface area contributed by atoms with E-state index in [0.717, 1.165) is 11.3 Å². The van der Waals surface area contributed by atoms with Crippen molar-refractivity contribution in [2.24, 2.45) is 0 Å². The van der Waals surface area contributed by atoms with Crippen LogP contribution >= 0.6 is 0 Å². The van der Waals surface area contributed by atoms with Crippen molar-refractivity contribution in [3.05, 3.63) is 59.7 Å². The first kappa shape index (κ1) is 14.8. The fraction of sp³-hybridized carbons (Fsp3) is 0.235. The standard InChI is InChI=1S/C17H17NO3S/c1-12-11-18(17-6-4-3-5-16(12)17)22(20,21)15-9-7-14(8-10-15)13(2)19/h3-10,12H,11H2,1-2H3/t12-/m0/s1. The van der Waals surface area contributed by atoms with Gasteiger partial charge in [0.1, 0.15) is 0 Å². The molecule has 2 aromatic rings. The Balaban J connectivity index is 2.02. The van der Waals surface area contributed by atoms with E-state index in [1.807, 2.05) is 31.2 Å². The van der Waals surface area contributed by atoms with Crippen LogP contribution in [0, 0.1) is 0 Å². The van der Waals surface area contributed by atoms with Gasteiger partial charge < -0.3 is 0 Å². The van der Waals surface area contributed by atoms with Crippen molar-refractivity contribution in [3.8, 4) is 0 Å². The van der Waals surface area contributed by atoms with Crippen molar-refractivity contribution in [2.75, 3.05) is 10.8 Å².